The third kappa shape index (κ3) is 6.46. The van der Waals surface area contributed by atoms with Crippen LogP contribution in [0.3, 0.4) is 0 Å². The first-order valence-electron chi connectivity index (χ1n) is 9.07. The summed E-state index contributed by atoms with van der Waals surface area (Å²) in [5.74, 6) is -3.96. The third-order valence-electron chi connectivity index (χ3n) is 4.24. The summed E-state index contributed by atoms with van der Waals surface area (Å²) in [6.07, 6.45) is -0.317. The summed E-state index contributed by atoms with van der Waals surface area (Å²) in [5.41, 5.74) is 6.54. The molecule has 0 heterocycles. The minimum absolute atomic E-state index is 0.130. The SMILES string of the molecule is CC(C)C(NC(=O)Cc1cc(F)cc(F)c1)C(=O)NC(=O)C(N)c1ccccc1. The zero-order chi connectivity index (χ0) is 21.6. The summed E-state index contributed by atoms with van der Waals surface area (Å²) in [5, 5.41) is 4.71. The highest BCUT2D eigenvalue weighted by Crippen LogP contribution is 2.11. The highest BCUT2D eigenvalue weighted by atomic mass is 19.1. The van der Waals surface area contributed by atoms with Gasteiger partial charge in [-0.2, -0.15) is 0 Å². The van der Waals surface area contributed by atoms with Crippen molar-refractivity contribution in [2.24, 2.45) is 11.7 Å². The molecule has 154 valence electrons. The summed E-state index contributed by atoms with van der Waals surface area (Å²) in [4.78, 5) is 37.0. The van der Waals surface area contributed by atoms with Crippen molar-refractivity contribution in [2.45, 2.75) is 32.4 Å². The number of halogens is 2. The molecule has 2 aromatic rings. The van der Waals surface area contributed by atoms with Crippen LogP contribution >= 0.6 is 0 Å². The maximum absolute atomic E-state index is 13.3. The van der Waals surface area contributed by atoms with Crippen LogP contribution in [0.1, 0.15) is 31.0 Å². The highest BCUT2D eigenvalue weighted by molar-refractivity contribution is 6.01. The fourth-order valence-corrected chi connectivity index (χ4v) is 2.75. The first-order chi connectivity index (χ1) is 13.7. The molecule has 0 aliphatic rings. The fourth-order valence-electron chi connectivity index (χ4n) is 2.75. The molecule has 0 radical (unpaired) electrons. The number of carbonyl (C=O) groups excluding carboxylic acids is 3. The molecule has 0 aromatic heterocycles. The summed E-state index contributed by atoms with van der Waals surface area (Å²) in [7, 11) is 0. The van der Waals surface area contributed by atoms with Gasteiger partial charge in [0, 0.05) is 6.07 Å². The summed E-state index contributed by atoms with van der Waals surface area (Å²) >= 11 is 0. The van der Waals surface area contributed by atoms with E-state index < -0.39 is 41.4 Å². The van der Waals surface area contributed by atoms with E-state index in [-0.39, 0.29) is 17.9 Å². The average molecular weight is 403 g/mol. The molecule has 0 bridgehead atoms. The lowest BCUT2D eigenvalue weighted by Crippen LogP contribution is -2.52. The van der Waals surface area contributed by atoms with Crippen LogP contribution in [0.15, 0.2) is 48.5 Å². The molecule has 4 N–H and O–H groups in total. The van der Waals surface area contributed by atoms with E-state index in [2.05, 4.69) is 10.6 Å². The van der Waals surface area contributed by atoms with Crippen molar-refractivity contribution in [1.29, 1.82) is 0 Å². The maximum Gasteiger partial charge on any atom is 0.249 e. The van der Waals surface area contributed by atoms with Gasteiger partial charge in [0.1, 0.15) is 23.7 Å². The molecule has 0 fully saturated rings. The average Bonchev–Trinajstić information content (AvgIpc) is 2.64. The van der Waals surface area contributed by atoms with Crippen LogP contribution in [0.5, 0.6) is 0 Å². The Bertz CT molecular complexity index is 868. The number of nitrogens with one attached hydrogen (secondary N) is 2. The Morgan fingerprint density at radius 1 is 0.966 bits per heavy atom. The van der Waals surface area contributed by atoms with E-state index in [1.807, 2.05) is 0 Å². The minimum Gasteiger partial charge on any atom is -0.344 e. The minimum atomic E-state index is -1.04. The first kappa shape index (κ1) is 22.2. The van der Waals surface area contributed by atoms with E-state index in [9.17, 15) is 23.2 Å². The second-order valence-corrected chi connectivity index (χ2v) is 6.99. The van der Waals surface area contributed by atoms with Crippen LogP contribution in [0.2, 0.25) is 0 Å². The lowest BCUT2D eigenvalue weighted by atomic mass is 10.0. The van der Waals surface area contributed by atoms with Crippen molar-refractivity contribution in [1.82, 2.24) is 10.6 Å². The van der Waals surface area contributed by atoms with Gasteiger partial charge in [-0.3, -0.25) is 19.7 Å². The van der Waals surface area contributed by atoms with Crippen molar-refractivity contribution < 1.29 is 23.2 Å². The van der Waals surface area contributed by atoms with E-state index in [1.165, 1.54) is 0 Å². The Morgan fingerprint density at radius 2 is 1.55 bits per heavy atom. The lowest BCUT2D eigenvalue weighted by Gasteiger charge is -2.22. The number of amides is 3. The van der Waals surface area contributed by atoms with Crippen molar-refractivity contribution in [3.8, 4) is 0 Å². The molecule has 0 saturated heterocycles. The Balaban J connectivity index is 2.01. The molecule has 2 aromatic carbocycles. The second kappa shape index (κ2) is 9.88. The number of hydrogen-bond acceptors (Lipinski definition) is 4. The molecule has 3 amide bonds. The fraction of sp³-hybridized carbons (Fsp3) is 0.286. The summed E-state index contributed by atoms with van der Waals surface area (Å²) in [6, 6.07) is 9.25. The molecule has 29 heavy (non-hydrogen) atoms. The number of imide groups is 1. The Kier molecular flexibility index (Phi) is 7.55. The van der Waals surface area contributed by atoms with Crippen LogP contribution in [-0.2, 0) is 20.8 Å². The Hall–Kier alpha value is -3.13. The van der Waals surface area contributed by atoms with E-state index in [0.717, 1.165) is 12.1 Å². The second-order valence-electron chi connectivity index (χ2n) is 6.99. The van der Waals surface area contributed by atoms with Gasteiger partial charge in [0.15, 0.2) is 0 Å². The van der Waals surface area contributed by atoms with Gasteiger partial charge in [0.05, 0.1) is 6.42 Å². The lowest BCUT2D eigenvalue weighted by molar-refractivity contribution is -0.135. The first-order valence-corrected chi connectivity index (χ1v) is 9.07. The van der Waals surface area contributed by atoms with Crippen molar-refractivity contribution >= 4 is 17.7 Å². The zero-order valence-electron chi connectivity index (χ0n) is 16.1. The molecule has 6 nitrogen and oxygen atoms in total. The molecule has 0 saturated carbocycles. The van der Waals surface area contributed by atoms with Gasteiger partial charge >= 0.3 is 0 Å². The highest BCUT2D eigenvalue weighted by Gasteiger charge is 2.27. The zero-order valence-corrected chi connectivity index (χ0v) is 16.1. The molecule has 0 aliphatic carbocycles. The van der Waals surface area contributed by atoms with E-state index in [1.54, 1.807) is 44.2 Å². The molecular weight excluding hydrogens is 380 g/mol. The summed E-state index contributed by atoms with van der Waals surface area (Å²) < 4.78 is 26.5. The molecule has 0 spiro atoms. The number of carbonyl (C=O) groups is 3. The molecule has 8 heteroatoms. The predicted molar refractivity (Wildman–Crippen MR) is 103 cm³/mol. The van der Waals surface area contributed by atoms with E-state index >= 15 is 0 Å². The maximum atomic E-state index is 13.3. The molecule has 0 aliphatic heterocycles. The van der Waals surface area contributed by atoms with Crippen molar-refractivity contribution in [3.05, 3.63) is 71.3 Å². The molecule has 2 atom stereocenters. The van der Waals surface area contributed by atoms with Gasteiger partial charge in [-0.1, -0.05) is 44.2 Å². The van der Waals surface area contributed by atoms with E-state index in [0.29, 0.717) is 11.6 Å². The van der Waals surface area contributed by atoms with Crippen molar-refractivity contribution in [2.75, 3.05) is 0 Å². The van der Waals surface area contributed by atoms with Crippen molar-refractivity contribution in [3.63, 3.8) is 0 Å². The van der Waals surface area contributed by atoms with Gasteiger partial charge in [-0.25, -0.2) is 8.78 Å². The van der Waals surface area contributed by atoms with Gasteiger partial charge in [0.25, 0.3) is 0 Å². The third-order valence-corrected chi connectivity index (χ3v) is 4.24. The monoisotopic (exact) mass is 403 g/mol. The Labute approximate surface area is 167 Å². The smallest absolute Gasteiger partial charge is 0.249 e. The van der Waals surface area contributed by atoms with Crippen LogP contribution in [-0.4, -0.2) is 23.8 Å². The van der Waals surface area contributed by atoms with Crippen LogP contribution < -0.4 is 16.4 Å². The van der Waals surface area contributed by atoms with Gasteiger partial charge in [-0.15, -0.1) is 0 Å². The molecule has 2 rings (SSSR count). The topological polar surface area (TPSA) is 101 Å². The van der Waals surface area contributed by atoms with E-state index in [4.69, 9.17) is 5.73 Å². The quantitative estimate of drug-likeness (QED) is 0.658. The number of rotatable bonds is 7. The largest absolute Gasteiger partial charge is 0.344 e. The summed E-state index contributed by atoms with van der Waals surface area (Å²) in [6.45, 7) is 3.38. The number of benzene rings is 2. The number of nitrogens with two attached hydrogens (primary N) is 1. The normalized spacial score (nSPS) is 12.9. The molecular formula is C21H23F2N3O3. The van der Waals surface area contributed by atoms with Crippen LogP contribution in [0, 0.1) is 17.6 Å². The number of hydrogen-bond donors (Lipinski definition) is 3. The predicted octanol–water partition coefficient (Wildman–Crippen LogP) is 1.99. The van der Waals surface area contributed by atoms with Crippen LogP contribution in [0.25, 0.3) is 0 Å². The standard InChI is InChI=1S/C21H23F2N3O3/c1-12(2)19(25-17(27)10-13-8-15(22)11-16(23)9-13)21(29)26-20(28)18(24)14-6-4-3-5-7-14/h3-9,11-12,18-19H,10,24H2,1-2H3,(H,25,27)(H,26,28,29). The molecule has 2 unspecified atom stereocenters. The van der Waals surface area contributed by atoms with Crippen LogP contribution in [0.4, 0.5) is 8.78 Å². The van der Waals surface area contributed by atoms with Gasteiger partial charge in [0.2, 0.25) is 17.7 Å². The van der Waals surface area contributed by atoms with Gasteiger partial charge < -0.3 is 11.1 Å². The Morgan fingerprint density at radius 3 is 2.10 bits per heavy atom. The van der Waals surface area contributed by atoms with Gasteiger partial charge in [-0.05, 0) is 29.2 Å².